The van der Waals surface area contributed by atoms with E-state index in [-0.39, 0.29) is 23.7 Å². The van der Waals surface area contributed by atoms with E-state index >= 15 is 0 Å². The number of alkyl halides is 3. The third-order valence-electron chi connectivity index (χ3n) is 4.42. The molecule has 0 saturated heterocycles. The molecular weight excluding hydrogens is 409 g/mol. The molecule has 1 heterocycles. The van der Waals surface area contributed by atoms with Crippen molar-refractivity contribution >= 4 is 17.6 Å². The van der Waals surface area contributed by atoms with Gasteiger partial charge in [0.25, 0.3) is 0 Å². The van der Waals surface area contributed by atoms with Crippen LogP contribution in [0.5, 0.6) is 5.75 Å². The number of hydrogen-bond donors (Lipinski definition) is 0. The maximum atomic E-state index is 12.9. The summed E-state index contributed by atoms with van der Waals surface area (Å²) >= 11 is 6.45. The van der Waals surface area contributed by atoms with Crippen molar-refractivity contribution in [3.05, 3.63) is 34.5 Å². The van der Waals surface area contributed by atoms with Gasteiger partial charge in [0.2, 0.25) is 0 Å². The molecular formula is C20H24ClF3N2O3. The van der Waals surface area contributed by atoms with E-state index in [4.69, 9.17) is 21.1 Å². The number of aromatic nitrogens is 2. The molecule has 2 aromatic rings. The fourth-order valence-electron chi connectivity index (χ4n) is 2.93. The van der Waals surface area contributed by atoms with Gasteiger partial charge in [0.15, 0.2) is 5.69 Å². The monoisotopic (exact) mass is 432 g/mol. The lowest BCUT2D eigenvalue weighted by molar-refractivity contribution is -0.169. The van der Waals surface area contributed by atoms with Crippen molar-refractivity contribution in [3.8, 4) is 17.0 Å². The van der Waals surface area contributed by atoms with Crippen molar-refractivity contribution in [3.63, 3.8) is 0 Å². The van der Waals surface area contributed by atoms with Crippen LogP contribution in [0.25, 0.3) is 11.3 Å². The molecule has 0 aliphatic carbocycles. The molecule has 160 valence electrons. The molecule has 0 unspecified atom stereocenters. The van der Waals surface area contributed by atoms with E-state index in [9.17, 15) is 18.0 Å². The summed E-state index contributed by atoms with van der Waals surface area (Å²) in [6.45, 7) is 5.44. The Labute approximate surface area is 172 Å². The molecule has 0 fully saturated rings. The number of nitrogens with zero attached hydrogens (tertiary/aromatic N) is 2. The Hall–Kier alpha value is -2.22. The molecule has 1 aromatic heterocycles. The van der Waals surface area contributed by atoms with Crippen LogP contribution in [0.2, 0.25) is 5.02 Å². The number of halogens is 4. The molecule has 5 nitrogen and oxygen atoms in total. The van der Waals surface area contributed by atoms with Crippen molar-refractivity contribution in [2.45, 2.75) is 46.3 Å². The van der Waals surface area contributed by atoms with E-state index in [2.05, 4.69) is 5.10 Å². The fraction of sp³-hybridized carbons (Fsp3) is 0.500. The molecule has 0 saturated carbocycles. The minimum absolute atomic E-state index is 0.00575. The van der Waals surface area contributed by atoms with Gasteiger partial charge in [0, 0.05) is 12.1 Å². The van der Waals surface area contributed by atoms with Gasteiger partial charge in [-0.25, -0.2) is 4.79 Å². The van der Waals surface area contributed by atoms with Gasteiger partial charge in [-0.1, -0.05) is 31.5 Å². The number of carbonyl (C=O) groups is 1. The van der Waals surface area contributed by atoms with Crippen molar-refractivity contribution in [2.24, 2.45) is 5.92 Å². The molecule has 0 N–H and O–H groups in total. The summed E-state index contributed by atoms with van der Waals surface area (Å²) in [6.07, 6.45) is -3.71. The normalized spacial score (nSPS) is 12.7. The van der Waals surface area contributed by atoms with Gasteiger partial charge >= 0.3 is 12.1 Å². The van der Waals surface area contributed by atoms with Crippen LogP contribution < -0.4 is 4.74 Å². The summed E-state index contributed by atoms with van der Waals surface area (Å²) in [5.41, 5.74) is 1.48. The van der Waals surface area contributed by atoms with Crippen LogP contribution in [0.1, 0.15) is 43.2 Å². The van der Waals surface area contributed by atoms with Crippen molar-refractivity contribution in [1.82, 2.24) is 9.78 Å². The van der Waals surface area contributed by atoms with Gasteiger partial charge in [0.05, 0.1) is 25.3 Å². The Morgan fingerprint density at radius 2 is 2.00 bits per heavy atom. The molecule has 0 radical (unpaired) electrons. The number of ether oxygens (including phenoxy) is 2. The number of benzene rings is 1. The van der Waals surface area contributed by atoms with E-state index in [0.717, 1.165) is 13.3 Å². The topological polar surface area (TPSA) is 53.4 Å². The first-order chi connectivity index (χ1) is 13.6. The fourth-order valence-corrected chi connectivity index (χ4v) is 3.24. The summed E-state index contributed by atoms with van der Waals surface area (Å²) < 4.78 is 50.7. The zero-order chi connectivity index (χ0) is 21.8. The average molecular weight is 433 g/mol. The smallest absolute Gasteiger partial charge is 0.391 e. The summed E-state index contributed by atoms with van der Waals surface area (Å²) in [5, 5.41) is 4.40. The standard InChI is InChI=1S/C20H24ClF3N2O3/c1-5-9-26-18(16(21)17(25-26)19(27)29-6-2)14-8-7-13(11-15(14)28-4)10-12(3)20(22,23)24/h7-8,11-12H,5-6,9-10H2,1-4H3/t12-/m0/s1. The Bertz CT molecular complexity index is 865. The quantitative estimate of drug-likeness (QED) is 0.514. The molecule has 0 spiro atoms. The highest BCUT2D eigenvalue weighted by molar-refractivity contribution is 6.36. The van der Waals surface area contributed by atoms with Crippen LogP contribution in [0.15, 0.2) is 18.2 Å². The number of aryl methyl sites for hydroxylation is 1. The predicted molar refractivity (Wildman–Crippen MR) is 104 cm³/mol. The van der Waals surface area contributed by atoms with Crippen molar-refractivity contribution in [2.75, 3.05) is 13.7 Å². The summed E-state index contributed by atoms with van der Waals surface area (Å²) in [5.74, 6) is -1.77. The lowest BCUT2D eigenvalue weighted by atomic mass is 9.98. The van der Waals surface area contributed by atoms with E-state index in [1.54, 1.807) is 29.8 Å². The van der Waals surface area contributed by atoms with Gasteiger partial charge in [-0.3, -0.25) is 4.68 Å². The van der Waals surface area contributed by atoms with Crippen LogP contribution >= 0.6 is 11.6 Å². The molecule has 1 aromatic carbocycles. The summed E-state index contributed by atoms with van der Waals surface area (Å²) in [7, 11) is 1.43. The Morgan fingerprint density at radius 1 is 1.31 bits per heavy atom. The third-order valence-corrected chi connectivity index (χ3v) is 4.78. The SMILES string of the molecule is CCCn1nc(C(=O)OCC)c(Cl)c1-c1ccc(C[C@H](C)C(F)(F)F)cc1OC. The number of rotatable bonds is 8. The summed E-state index contributed by atoms with van der Waals surface area (Å²) in [6, 6.07) is 4.80. The minimum atomic E-state index is -4.27. The third kappa shape index (κ3) is 5.23. The molecule has 0 aliphatic heterocycles. The predicted octanol–water partition coefficient (Wildman–Crippen LogP) is 5.54. The van der Waals surface area contributed by atoms with E-state index in [1.165, 1.54) is 7.11 Å². The number of hydrogen-bond acceptors (Lipinski definition) is 4. The number of methoxy groups -OCH3 is 1. The highest BCUT2D eigenvalue weighted by Gasteiger charge is 2.36. The average Bonchev–Trinajstić information content (AvgIpc) is 2.97. The first-order valence-corrected chi connectivity index (χ1v) is 9.69. The van der Waals surface area contributed by atoms with Gasteiger partial charge in [-0.15, -0.1) is 0 Å². The molecule has 29 heavy (non-hydrogen) atoms. The molecule has 2 rings (SSSR count). The second-order valence-electron chi connectivity index (χ2n) is 6.64. The first-order valence-electron chi connectivity index (χ1n) is 9.31. The molecule has 0 aliphatic rings. The van der Waals surface area contributed by atoms with Gasteiger partial charge in [0.1, 0.15) is 10.8 Å². The second kappa shape index (κ2) is 9.52. The van der Waals surface area contributed by atoms with Crippen molar-refractivity contribution < 1.29 is 27.4 Å². The molecule has 1 atom stereocenters. The van der Waals surface area contributed by atoms with Crippen LogP contribution in [0.3, 0.4) is 0 Å². The zero-order valence-electron chi connectivity index (χ0n) is 16.8. The maximum absolute atomic E-state index is 12.9. The van der Waals surface area contributed by atoms with Crippen LogP contribution in [0.4, 0.5) is 13.2 Å². The Balaban J connectivity index is 2.51. The number of carbonyl (C=O) groups excluding carboxylic acids is 1. The Kier molecular flexibility index (Phi) is 7.57. The molecule has 9 heteroatoms. The van der Waals surface area contributed by atoms with Crippen molar-refractivity contribution in [1.29, 1.82) is 0 Å². The second-order valence-corrected chi connectivity index (χ2v) is 7.01. The van der Waals surface area contributed by atoms with E-state index in [0.29, 0.717) is 29.1 Å². The first kappa shape index (κ1) is 23.1. The van der Waals surface area contributed by atoms with Crippen LogP contribution in [-0.2, 0) is 17.7 Å². The lowest BCUT2D eigenvalue weighted by Crippen LogP contribution is -2.21. The largest absolute Gasteiger partial charge is 0.496 e. The maximum Gasteiger partial charge on any atom is 0.391 e. The lowest BCUT2D eigenvalue weighted by Gasteiger charge is -2.17. The Morgan fingerprint density at radius 3 is 2.55 bits per heavy atom. The zero-order valence-corrected chi connectivity index (χ0v) is 17.5. The van der Waals surface area contributed by atoms with E-state index < -0.39 is 18.1 Å². The van der Waals surface area contributed by atoms with E-state index in [1.807, 2.05) is 6.92 Å². The van der Waals surface area contributed by atoms with Crippen LogP contribution in [-0.4, -0.2) is 35.6 Å². The highest BCUT2D eigenvalue weighted by atomic mass is 35.5. The minimum Gasteiger partial charge on any atom is -0.496 e. The van der Waals surface area contributed by atoms with Gasteiger partial charge in [-0.05, 0) is 37.5 Å². The highest BCUT2D eigenvalue weighted by Crippen LogP contribution is 2.38. The molecule has 0 bridgehead atoms. The van der Waals surface area contributed by atoms with Gasteiger partial charge in [-0.2, -0.15) is 18.3 Å². The molecule has 0 amide bonds. The number of esters is 1. The van der Waals surface area contributed by atoms with Gasteiger partial charge < -0.3 is 9.47 Å². The summed E-state index contributed by atoms with van der Waals surface area (Å²) in [4.78, 5) is 12.2. The van der Waals surface area contributed by atoms with Crippen LogP contribution in [0, 0.1) is 5.92 Å².